The molecule has 1 N–H and O–H groups in total. The van der Waals surface area contributed by atoms with Crippen LogP contribution in [0.5, 0.6) is 0 Å². The van der Waals surface area contributed by atoms with E-state index < -0.39 is 0 Å². The topological polar surface area (TPSA) is 39.1 Å². The zero-order valence-corrected chi connectivity index (χ0v) is 11.4. The van der Waals surface area contributed by atoms with Crippen LogP contribution in [0.4, 0.5) is 5.69 Å². The van der Waals surface area contributed by atoms with E-state index >= 15 is 0 Å². The number of rotatable bonds is 8. The third kappa shape index (κ3) is 5.70. The predicted molar refractivity (Wildman–Crippen MR) is 76.6 cm³/mol. The van der Waals surface area contributed by atoms with Crippen LogP contribution in [0.1, 0.15) is 26.7 Å². The molecule has 1 aromatic rings. The number of hydrogen-bond acceptors (Lipinski definition) is 3. The fourth-order valence-electron chi connectivity index (χ4n) is 1.85. The quantitative estimate of drug-likeness (QED) is 0.716. The Morgan fingerprint density at radius 1 is 1.22 bits per heavy atom. The van der Waals surface area contributed by atoms with Gasteiger partial charge in [0.15, 0.2) is 0 Å². The number of nitrogens with one attached hydrogen (secondary N) is 1. The number of anilines is 1. The molecule has 3 nitrogen and oxygen atoms in total. The van der Waals surface area contributed by atoms with Gasteiger partial charge in [-0.3, -0.25) is 0 Å². The van der Waals surface area contributed by atoms with Crippen molar-refractivity contribution in [2.75, 3.05) is 24.5 Å². The Morgan fingerprint density at radius 2 is 1.94 bits per heavy atom. The van der Waals surface area contributed by atoms with E-state index in [1.807, 2.05) is 18.2 Å². The first-order valence-corrected chi connectivity index (χ1v) is 6.64. The van der Waals surface area contributed by atoms with Crippen LogP contribution in [-0.2, 0) is 0 Å². The highest BCUT2D eigenvalue weighted by atomic mass is 15.1. The number of nitrogens with zero attached hydrogens (tertiary/aromatic N) is 2. The molecule has 0 amide bonds. The highest BCUT2D eigenvalue weighted by Crippen LogP contribution is 2.13. The summed E-state index contributed by atoms with van der Waals surface area (Å²) in [4.78, 5) is 2.28. The van der Waals surface area contributed by atoms with Gasteiger partial charge in [0, 0.05) is 24.8 Å². The van der Waals surface area contributed by atoms with Crippen LogP contribution in [-0.4, -0.2) is 25.7 Å². The van der Waals surface area contributed by atoms with Gasteiger partial charge in [-0.25, -0.2) is 0 Å². The van der Waals surface area contributed by atoms with Crippen molar-refractivity contribution in [3.05, 3.63) is 30.3 Å². The molecule has 0 bridgehead atoms. The average Bonchev–Trinajstić information content (AvgIpc) is 2.38. The standard InChI is InChI=1S/C15H23N3/c1-14(2)17-11-7-13-18(12-6-10-16)15-8-4-3-5-9-15/h3-5,8-9,14,17H,6-7,11-13H2,1-2H3. The second-order valence-electron chi connectivity index (χ2n) is 4.69. The van der Waals surface area contributed by atoms with Crippen LogP contribution >= 0.6 is 0 Å². The fraction of sp³-hybridized carbons (Fsp3) is 0.533. The molecule has 98 valence electrons. The summed E-state index contributed by atoms with van der Waals surface area (Å²) in [6.07, 6.45) is 1.67. The van der Waals surface area contributed by atoms with E-state index in [9.17, 15) is 0 Å². The molecular weight excluding hydrogens is 222 g/mol. The second kappa shape index (κ2) is 8.54. The molecule has 0 saturated carbocycles. The molecule has 0 aliphatic heterocycles. The summed E-state index contributed by atoms with van der Waals surface area (Å²) in [6.45, 7) is 7.14. The molecule has 0 fully saturated rings. The van der Waals surface area contributed by atoms with E-state index in [0.29, 0.717) is 12.5 Å². The molecule has 0 spiro atoms. The number of benzene rings is 1. The van der Waals surface area contributed by atoms with E-state index in [4.69, 9.17) is 5.26 Å². The van der Waals surface area contributed by atoms with Crippen molar-refractivity contribution in [1.29, 1.82) is 5.26 Å². The van der Waals surface area contributed by atoms with Gasteiger partial charge in [-0.05, 0) is 25.1 Å². The van der Waals surface area contributed by atoms with Crippen molar-refractivity contribution in [3.8, 4) is 6.07 Å². The van der Waals surface area contributed by atoms with E-state index in [2.05, 4.69) is 42.3 Å². The minimum atomic E-state index is 0.536. The molecule has 0 heterocycles. The van der Waals surface area contributed by atoms with Gasteiger partial charge in [0.1, 0.15) is 0 Å². The van der Waals surface area contributed by atoms with Crippen molar-refractivity contribution in [1.82, 2.24) is 5.32 Å². The van der Waals surface area contributed by atoms with Gasteiger partial charge in [-0.1, -0.05) is 32.0 Å². The molecule has 0 aliphatic rings. The molecule has 0 radical (unpaired) electrons. The van der Waals surface area contributed by atoms with Crippen LogP contribution in [0.15, 0.2) is 30.3 Å². The van der Waals surface area contributed by atoms with E-state index in [-0.39, 0.29) is 0 Å². The maximum absolute atomic E-state index is 8.72. The number of hydrogen-bond donors (Lipinski definition) is 1. The normalized spacial score (nSPS) is 10.3. The second-order valence-corrected chi connectivity index (χ2v) is 4.69. The highest BCUT2D eigenvalue weighted by Gasteiger charge is 2.05. The minimum Gasteiger partial charge on any atom is -0.370 e. The lowest BCUT2D eigenvalue weighted by atomic mass is 10.2. The summed E-state index contributed by atoms with van der Waals surface area (Å²) < 4.78 is 0. The fourth-order valence-corrected chi connectivity index (χ4v) is 1.85. The van der Waals surface area contributed by atoms with Crippen molar-refractivity contribution in [2.45, 2.75) is 32.7 Å². The van der Waals surface area contributed by atoms with E-state index in [0.717, 1.165) is 26.1 Å². The first-order chi connectivity index (χ1) is 8.74. The lowest BCUT2D eigenvalue weighted by Gasteiger charge is -2.24. The zero-order chi connectivity index (χ0) is 13.2. The molecule has 3 heteroatoms. The zero-order valence-electron chi connectivity index (χ0n) is 11.4. The molecule has 0 aromatic heterocycles. The van der Waals surface area contributed by atoms with Crippen molar-refractivity contribution in [2.24, 2.45) is 0 Å². The maximum atomic E-state index is 8.72. The summed E-state index contributed by atoms with van der Waals surface area (Å²) in [7, 11) is 0. The summed E-state index contributed by atoms with van der Waals surface area (Å²) in [5, 5.41) is 12.1. The summed E-state index contributed by atoms with van der Waals surface area (Å²) in [5.41, 5.74) is 1.21. The Kier molecular flexibility index (Phi) is 6.90. The molecule has 18 heavy (non-hydrogen) atoms. The lowest BCUT2D eigenvalue weighted by molar-refractivity contribution is 0.565. The Bertz CT molecular complexity index is 354. The van der Waals surface area contributed by atoms with Crippen molar-refractivity contribution in [3.63, 3.8) is 0 Å². The van der Waals surface area contributed by atoms with Gasteiger partial charge in [-0.15, -0.1) is 0 Å². The van der Waals surface area contributed by atoms with Crippen molar-refractivity contribution < 1.29 is 0 Å². The summed E-state index contributed by atoms with van der Waals surface area (Å²) in [5.74, 6) is 0. The molecule has 1 rings (SSSR count). The van der Waals surface area contributed by atoms with Gasteiger partial charge >= 0.3 is 0 Å². The number of nitriles is 1. The monoisotopic (exact) mass is 245 g/mol. The molecule has 0 aliphatic carbocycles. The van der Waals surface area contributed by atoms with Gasteiger partial charge in [0.25, 0.3) is 0 Å². The largest absolute Gasteiger partial charge is 0.370 e. The Morgan fingerprint density at radius 3 is 2.56 bits per heavy atom. The molecular formula is C15H23N3. The molecule has 1 aromatic carbocycles. The third-order valence-corrected chi connectivity index (χ3v) is 2.77. The third-order valence-electron chi connectivity index (χ3n) is 2.77. The Balaban J connectivity index is 2.44. The number of para-hydroxylation sites is 1. The van der Waals surface area contributed by atoms with Gasteiger partial charge in [-0.2, -0.15) is 5.26 Å². The maximum Gasteiger partial charge on any atom is 0.0640 e. The molecule has 0 saturated heterocycles. The predicted octanol–water partition coefficient (Wildman–Crippen LogP) is 2.79. The van der Waals surface area contributed by atoms with Gasteiger partial charge < -0.3 is 10.2 Å². The van der Waals surface area contributed by atoms with Crippen LogP contribution in [0.3, 0.4) is 0 Å². The first kappa shape index (κ1) is 14.5. The Labute approximate surface area is 110 Å². The van der Waals surface area contributed by atoms with E-state index in [1.165, 1.54) is 5.69 Å². The Hall–Kier alpha value is -1.53. The van der Waals surface area contributed by atoms with Crippen LogP contribution < -0.4 is 10.2 Å². The van der Waals surface area contributed by atoms with E-state index in [1.54, 1.807) is 0 Å². The first-order valence-electron chi connectivity index (χ1n) is 6.64. The summed E-state index contributed by atoms with van der Waals surface area (Å²) in [6, 6.07) is 13.1. The highest BCUT2D eigenvalue weighted by molar-refractivity contribution is 5.45. The van der Waals surface area contributed by atoms with Gasteiger partial charge in [0.05, 0.1) is 12.5 Å². The molecule has 0 atom stereocenters. The van der Waals surface area contributed by atoms with Gasteiger partial charge in [0.2, 0.25) is 0 Å². The minimum absolute atomic E-state index is 0.536. The SMILES string of the molecule is CC(C)NCCCN(CCC#N)c1ccccc1. The summed E-state index contributed by atoms with van der Waals surface area (Å²) >= 11 is 0. The van der Waals surface area contributed by atoms with Crippen LogP contribution in [0.25, 0.3) is 0 Å². The van der Waals surface area contributed by atoms with Crippen molar-refractivity contribution >= 4 is 5.69 Å². The molecule has 0 unspecified atom stereocenters. The van der Waals surface area contributed by atoms with Crippen LogP contribution in [0.2, 0.25) is 0 Å². The smallest absolute Gasteiger partial charge is 0.0640 e. The lowest BCUT2D eigenvalue weighted by Crippen LogP contribution is -2.30. The average molecular weight is 245 g/mol. The van der Waals surface area contributed by atoms with Crippen LogP contribution in [0, 0.1) is 11.3 Å².